The molecule has 0 aromatic rings. The number of hydrogen-bond acceptors (Lipinski definition) is 5. The number of rotatable bonds is 4. The first kappa shape index (κ1) is 18.7. The van der Waals surface area contributed by atoms with Crippen molar-refractivity contribution in [2.45, 2.75) is 88.2 Å². The zero-order valence-electron chi connectivity index (χ0n) is 15.9. The first-order valence-corrected chi connectivity index (χ1v) is 10.7. The van der Waals surface area contributed by atoms with Gasteiger partial charge < -0.3 is 19.5 Å². The van der Waals surface area contributed by atoms with E-state index in [9.17, 15) is 4.79 Å². The van der Waals surface area contributed by atoms with E-state index in [-0.39, 0.29) is 23.8 Å². The Balaban J connectivity index is 1.26. The van der Waals surface area contributed by atoms with Gasteiger partial charge in [0.15, 0.2) is 5.79 Å². The Morgan fingerprint density at radius 3 is 2.58 bits per heavy atom. The number of ether oxygens (including phenoxy) is 3. The van der Waals surface area contributed by atoms with Crippen LogP contribution in [0.2, 0.25) is 0 Å². The lowest BCUT2D eigenvalue weighted by Gasteiger charge is -2.34. The van der Waals surface area contributed by atoms with Crippen LogP contribution >= 0.6 is 0 Å². The van der Waals surface area contributed by atoms with Crippen molar-refractivity contribution in [2.75, 3.05) is 32.9 Å². The highest BCUT2D eigenvalue weighted by Crippen LogP contribution is 2.36. The highest BCUT2D eigenvalue weighted by molar-refractivity contribution is 5.82. The van der Waals surface area contributed by atoms with Crippen LogP contribution in [-0.2, 0) is 19.0 Å². The second-order valence-corrected chi connectivity index (χ2v) is 8.36. The van der Waals surface area contributed by atoms with Crippen LogP contribution < -0.4 is 5.32 Å². The van der Waals surface area contributed by atoms with Gasteiger partial charge in [0.1, 0.15) is 6.10 Å². The van der Waals surface area contributed by atoms with Gasteiger partial charge in [0.2, 0.25) is 5.91 Å². The first-order valence-electron chi connectivity index (χ1n) is 10.7. The molecule has 3 aliphatic heterocycles. The molecule has 6 heteroatoms. The minimum absolute atomic E-state index is 0.00464. The standard InChI is InChI=1S/C20H34N2O4/c23-19(18-6-5-11-22(18)16-7-12-24-13-8-16)21-14-17-15-25-20(26-17)9-3-1-2-4-10-20/h16-18H,1-15H2,(H,21,23)/t17-,18-/m1/s1. The Bertz CT molecular complexity index is 472. The van der Waals surface area contributed by atoms with Gasteiger partial charge in [-0.05, 0) is 45.1 Å². The summed E-state index contributed by atoms with van der Waals surface area (Å²) < 4.78 is 17.8. The average Bonchev–Trinajstić information content (AvgIpc) is 3.25. The summed E-state index contributed by atoms with van der Waals surface area (Å²) >= 11 is 0. The maximum Gasteiger partial charge on any atom is 0.237 e. The fourth-order valence-electron chi connectivity index (χ4n) is 5.10. The third kappa shape index (κ3) is 4.24. The second kappa shape index (κ2) is 8.55. The van der Waals surface area contributed by atoms with Crippen molar-refractivity contribution in [2.24, 2.45) is 0 Å². The molecule has 0 unspecified atom stereocenters. The molecule has 1 saturated carbocycles. The predicted molar refractivity (Wildman–Crippen MR) is 97.8 cm³/mol. The van der Waals surface area contributed by atoms with Gasteiger partial charge >= 0.3 is 0 Å². The lowest BCUT2D eigenvalue weighted by molar-refractivity contribution is -0.175. The summed E-state index contributed by atoms with van der Waals surface area (Å²) in [5.74, 6) is -0.202. The van der Waals surface area contributed by atoms with Gasteiger partial charge in [-0.1, -0.05) is 12.8 Å². The molecule has 6 nitrogen and oxygen atoms in total. The minimum Gasteiger partial charge on any atom is -0.381 e. The summed E-state index contributed by atoms with van der Waals surface area (Å²) in [5.41, 5.74) is 0. The van der Waals surface area contributed by atoms with Gasteiger partial charge in [0, 0.05) is 38.6 Å². The molecule has 4 rings (SSSR count). The number of nitrogens with one attached hydrogen (secondary N) is 1. The van der Waals surface area contributed by atoms with E-state index in [1.165, 1.54) is 25.7 Å². The third-order valence-electron chi connectivity index (χ3n) is 6.54. The Kier molecular flexibility index (Phi) is 6.14. The van der Waals surface area contributed by atoms with Gasteiger partial charge in [-0.15, -0.1) is 0 Å². The predicted octanol–water partition coefficient (Wildman–Crippen LogP) is 2.21. The van der Waals surface area contributed by atoms with E-state index in [2.05, 4.69) is 10.2 Å². The fraction of sp³-hybridized carbons (Fsp3) is 0.950. The van der Waals surface area contributed by atoms with Crippen molar-refractivity contribution in [3.63, 3.8) is 0 Å². The molecule has 4 fully saturated rings. The summed E-state index contributed by atoms with van der Waals surface area (Å²) in [6, 6.07) is 0.523. The molecule has 1 spiro atoms. The quantitative estimate of drug-likeness (QED) is 0.827. The van der Waals surface area contributed by atoms with Crippen LogP contribution in [0.25, 0.3) is 0 Å². The van der Waals surface area contributed by atoms with Crippen molar-refractivity contribution < 1.29 is 19.0 Å². The maximum atomic E-state index is 12.8. The maximum absolute atomic E-state index is 12.8. The van der Waals surface area contributed by atoms with E-state index in [0.717, 1.165) is 58.3 Å². The van der Waals surface area contributed by atoms with Gasteiger partial charge in [0.05, 0.1) is 12.6 Å². The van der Waals surface area contributed by atoms with E-state index < -0.39 is 0 Å². The Hall–Kier alpha value is -0.690. The number of carbonyl (C=O) groups is 1. The molecule has 26 heavy (non-hydrogen) atoms. The van der Waals surface area contributed by atoms with Crippen LogP contribution in [0.1, 0.15) is 64.2 Å². The van der Waals surface area contributed by atoms with E-state index in [0.29, 0.717) is 19.2 Å². The van der Waals surface area contributed by atoms with Crippen LogP contribution in [0.4, 0.5) is 0 Å². The van der Waals surface area contributed by atoms with Crippen LogP contribution in [0, 0.1) is 0 Å². The first-order chi connectivity index (χ1) is 12.8. The molecule has 1 amide bonds. The smallest absolute Gasteiger partial charge is 0.237 e. The highest BCUT2D eigenvalue weighted by Gasteiger charge is 2.42. The topological polar surface area (TPSA) is 60.0 Å². The molecule has 0 bridgehead atoms. The molecule has 3 saturated heterocycles. The van der Waals surface area contributed by atoms with Gasteiger partial charge in [-0.3, -0.25) is 9.69 Å². The van der Waals surface area contributed by atoms with Crippen LogP contribution in [-0.4, -0.2) is 67.7 Å². The highest BCUT2D eigenvalue weighted by atomic mass is 16.7. The summed E-state index contributed by atoms with van der Waals surface area (Å²) in [4.78, 5) is 15.2. The molecule has 0 radical (unpaired) electrons. The number of hydrogen-bond donors (Lipinski definition) is 1. The molecular formula is C20H34N2O4. The van der Waals surface area contributed by atoms with Crippen LogP contribution in [0.15, 0.2) is 0 Å². The van der Waals surface area contributed by atoms with Crippen LogP contribution in [0.5, 0.6) is 0 Å². The van der Waals surface area contributed by atoms with E-state index in [1.807, 2.05) is 0 Å². The lowest BCUT2D eigenvalue weighted by Crippen LogP contribution is -2.50. The van der Waals surface area contributed by atoms with Gasteiger partial charge in [-0.2, -0.15) is 0 Å². The normalized spacial score (nSPS) is 33.4. The van der Waals surface area contributed by atoms with Crippen LogP contribution in [0.3, 0.4) is 0 Å². The number of carbonyl (C=O) groups excluding carboxylic acids is 1. The molecule has 1 aliphatic carbocycles. The molecule has 0 aromatic carbocycles. The molecule has 148 valence electrons. The second-order valence-electron chi connectivity index (χ2n) is 8.36. The van der Waals surface area contributed by atoms with E-state index in [4.69, 9.17) is 14.2 Å². The van der Waals surface area contributed by atoms with Gasteiger partial charge in [-0.25, -0.2) is 0 Å². The van der Waals surface area contributed by atoms with Crippen molar-refractivity contribution in [1.82, 2.24) is 10.2 Å². The molecular weight excluding hydrogens is 332 g/mol. The molecule has 3 heterocycles. The van der Waals surface area contributed by atoms with Crippen molar-refractivity contribution >= 4 is 5.91 Å². The average molecular weight is 367 g/mol. The molecule has 0 aromatic heterocycles. The molecule has 1 N–H and O–H groups in total. The summed E-state index contributed by atoms with van der Waals surface area (Å²) in [5, 5.41) is 3.16. The Morgan fingerprint density at radius 1 is 1.04 bits per heavy atom. The van der Waals surface area contributed by atoms with Crippen molar-refractivity contribution in [3.8, 4) is 0 Å². The Morgan fingerprint density at radius 2 is 1.81 bits per heavy atom. The summed E-state index contributed by atoms with van der Waals surface area (Å²) in [6.45, 7) is 3.86. The van der Waals surface area contributed by atoms with Crippen molar-refractivity contribution in [1.29, 1.82) is 0 Å². The number of likely N-dealkylation sites (tertiary alicyclic amines) is 1. The summed E-state index contributed by atoms with van der Waals surface area (Å²) in [7, 11) is 0. The molecule has 4 aliphatic rings. The van der Waals surface area contributed by atoms with Crippen molar-refractivity contribution in [3.05, 3.63) is 0 Å². The summed E-state index contributed by atoms with van der Waals surface area (Å²) in [6.07, 6.45) is 11.1. The minimum atomic E-state index is -0.368. The lowest BCUT2D eigenvalue weighted by atomic mass is 10.1. The zero-order valence-corrected chi connectivity index (χ0v) is 15.9. The van der Waals surface area contributed by atoms with Gasteiger partial charge in [0.25, 0.3) is 0 Å². The van der Waals surface area contributed by atoms with E-state index in [1.54, 1.807) is 0 Å². The number of nitrogens with zero attached hydrogens (tertiary/aromatic N) is 1. The fourth-order valence-corrected chi connectivity index (χ4v) is 5.10. The molecule has 2 atom stereocenters. The zero-order chi connectivity index (χ0) is 17.8. The monoisotopic (exact) mass is 366 g/mol. The SMILES string of the molecule is O=C(NC[C@@H]1COC2(CCCCCC2)O1)[C@H]1CCCN1C1CCOCC1. The Labute approximate surface area is 156 Å². The third-order valence-corrected chi connectivity index (χ3v) is 6.54. The van der Waals surface area contributed by atoms with E-state index >= 15 is 0 Å². The largest absolute Gasteiger partial charge is 0.381 e. The number of amides is 1.